The molecule has 178 valence electrons. The summed E-state index contributed by atoms with van der Waals surface area (Å²) < 4.78 is 43.3. The molecule has 1 amide bonds. The van der Waals surface area contributed by atoms with Gasteiger partial charge >= 0.3 is 6.36 Å². The van der Waals surface area contributed by atoms with Crippen LogP contribution in [0.25, 0.3) is 22.4 Å². The highest BCUT2D eigenvalue weighted by molar-refractivity contribution is 5.97. The number of benzene rings is 2. The Morgan fingerprint density at radius 1 is 0.914 bits per heavy atom. The van der Waals surface area contributed by atoms with Gasteiger partial charge < -0.3 is 10.1 Å². The van der Waals surface area contributed by atoms with Crippen LogP contribution in [0.4, 0.5) is 13.2 Å². The van der Waals surface area contributed by atoms with Gasteiger partial charge in [0.1, 0.15) is 5.75 Å². The topological polar surface area (TPSA) is 64.1 Å². The standard InChI is InChI=1S/C27H22F3N3O2/c1-17-7-10-24(32-14-17)21-11-20(23-5-3-4-6-25(23)35-27(28,29)30)12-22(13-21)26(34)33-16-19-9-8-18(2)31-15-19/h3-15H,16H2,1-2H3,(H,33,34). The molecule has 5 nitrogen and oxygen atoms in total. The molecule has 0 saturated heterocycles. The number of halogens is 3. The molecule has 35 heavy (non-hydrogen) atoms. The predicted octanol–water partition coefficient (Wildman–Crippen LogP) is 6.26. The molecule has 0 saturated carbocycles. The van der Waals surface area contributed by atoms with E-state index >= 15 is 0 Å². The van der Waals surface area contributed by atoms with Gasteiger partial charge in [0, 0.05) is 41.3 Å². The molecule has 2 heterocycles. The molecule has 0 unspecified atom stereocenters. The van der Waals surface area contributed by atoms with Crippen LogP contribution in [0.3, 0.4) is 0 Å². The molecule has 2 aromatic heterocycles. The van der Waals surface area contributed by atoms with Gasteiger partial charge in [-0.25, -0.2) is 0 Å². The Morgan fingerprint density at radius 3 is 2.37 bits per heavy atom. The van der Waals surface area contributed by atoms with Crippen LogP contribution < -0.4 is 10.1 Å². The van der Waals surface area contributed by atoms with Crippen molar-refractivity contribution in [2.24, 2.45) is 0 Å². The molecule has 1 N–H and O–H groups in total. The fourth-order valence-electron chi connectivity index (χ4n) is 3.51. The van der Waals surface area contributed by atoms with Crippen LogP contribution in [0, 0.1) is 13.8 Å². The Hall–Kier alpha value is -4.20. The molecule has 0 atom stereocenters. The average molecular weight is 477 g/mol. The third kappa shape index (κ3) is 6.23. The smallest absolute Gasteiger partial charge is 0.405 e. The molecule has 0 aliphatic carbocycles. The first-order valence-corrected chi connectivity index (χ1v) is 10.8. The third-order valence-corrected chi connectivity index (χ3v) is 5.25. The number of carbonyl (C=O) groups excluding carboxylic acids is 1. The maximum absolute atomic E-state index is 13.1. The van der Waals surface area contributed by atoms with Gasteiger partial charge in [0.15, 0.2) is 0 Å². The minimum Gasteiger partial charge on any atom is -0.405 e. The summed E-state index contributed by atoms with van der Waals surface area (Å²) in [5.74, 6) is -0.735. The van der Waals surface area contributed by atoms with Crippen LogP contribution in [0.1, 0.15) is 27.2 Å². The average Bonchev–Trinajstić information content (AvgIpc) is 2.83. The molecule has 4 rings (SSSR count). The van der Waals surface area contributed by atoms with Crippen molar-refractivity contribution < 1.29 is 22.7 Å². The Balaban J connectivity index is 1.74. The van der Waals surface area contributed by atoms with E-state index < -0.39 is 6.36 Å². The summed E-state index contributed by atoms with van der Waals surface area (Å²) in [5.41, 5.74) is 4.70. The van der Waals surface area contributed by atoms with Gasteiger partial charge in [0.2, 0.25) is 0 Å². The largest absolute Gasteiger partial charge is 0.573 e. The molecule has 2 aromatic carbocycles. The molecule has 0 bridgehead atoms. The molecule has 0 radical (unpaired) electrons. The lowest BCUT2D eigenvalue weighted by Gasteiger charge is -2.15. The van der Waals surface area contributed by atoms with Gasteiger partial charge in [-0.15, -0.1) is 13.2 Å². The number of hydrogen-bond acceptors (Lipinski definition) is 4. The van der Waals surface area contributed by atoms with E-state index in [0.717, 1.165) is 16.8 Å². The van der Waals surface area contributed by atoms with Gasteiger partial charge in [-0.1, -0.05) is 30.3 Å². The second-order valence-electron chi connectivity index (χ2n) is 8.05. The summed E-state index contributed by atoms with van der Waals surface area (Å²) >= 11 is 0. The second-order valence-corrected chi connectivity index (χ2v) is 8.05. The van der Waals surface area contributed by atoms with E-state index in [-0.39, 0.29) is 29.3 Å². The summed E-state index contributed by atoms with van der Waals surface area (Å²) in [6.07, 6.45) is -1.49. The van der Waals surface area contributed by atoms with Crippen LogP contribution in [0.15, 0.2) is 79.1 Å². The van der Waals surface area contributed by atoms with Crippen molar-refractivity contribution in [3.63, 3.8) is 0 Å². The Labute approximate surface area is 200 Å². The SMILES string of the molecule is Cc1ccc(-c2cc(C(=O)NCc3ccc(C)nc3)cc(-c3ccccc3OC(F)(F)F)c2)nc1. The fraction of sp³-hybridized carbons (Fsp3) is 0.148. The van der Waals surface area contributed by atoms with E-state index in [2.05, 4.69) is 20.0 Å². The minimum absolute atomic E-state index is 0.204. The zero-order chi connectivity index (χ0) is 25.0. The number of alkyl halides is 3. The van der Waals surface area contributed by atoms with E-state index in [0.29, 0.717) is 16.8 Å². The zero-order valence-electron chi connectivity index (χ0n) is 19.1. The zero-order valence-corrected chi connectivity index (χ0v) is 19.1. The van der Waals surface area contributed by atoms with E-state index in [9.17, 15) is 18.0 Å². The number of hydrogen-bond donors (Lipinski definition) is 1. The molecular weight excluding hydrogens is 455 g/mol. The van der Waals surface area contributed by atoms with Crippen LogP contribution in [0.2, 0.25) is 0 Å². The molecule has 0 fully saturated rings. The monoisotopic (exact) mass is 477 g/mol. The van der Waals surface area contributed by atoms with Crippen molar-refractivity contribution in [1.29, 1.82) is 0 Å². The molecular formula is C27H22F3N3O2. The highest BCUT2D eigenvalue weighted by atomic mass is 19.4. The van der Waals surface area contributed by atoms with Gasteiger partial charge in [-0.2, -0.15) is 0 Å². The van der Waals surface area contributed by atoms with Gasteiger partial charge in [0.25, 0.3) is 5.91 Å². The summed E-state index contributed by atoms with van der Waals surface area (Å²) in [6, 6.07) is 18.1. The summed E-state index contributed by atoms with van der Waals surface area (Å²) in [7, 11) is 0. The lowest BCUT2D eigenvalue weighted by atomic mass is 9.97. The van der Waals surface area contributed by atoms with Crippen molar-refractivity contribution in [2.45, 2.75) is 26.8 Å². The summed E-state index contributed by atoms with van der Waals surface area (Å²) in [6.45, 7) is 4.02. The lowest BCUT2D eigenvalue weighted by Crippen LogP contribution is -2.23. The highest BCUT2D eigenvalue weighted by Gasteiger charge is 2.32. The van der Waals surface area contributed by atoms with Crippen LogP contribution in [-0.2, 0) is 6.54 Å². The van der Waals surface area contributed by atoms with Crippen molar-refractivity contribution in [1.82, 2.24) is 15.3 Å². The first-order chi connectivity index (χ1) is 16.7. The van der Waals surface area contributed by atoms with E-state index in [1.165, 1.54) is 18.2 Å². The quantitative estimate of drug-likeness (QED) is 0.356. The number of pyridine rings is 2. The Bertz CT molecular complexity index is 1340. The molecule has 4 aromatic rings. The number of aromatic nitrogens is 2. The Morgan fingerprint density at radius 2 is 1.69 bits per heavy atom. The lowest BCUT2D eigenvalue weighted by molar-refractivity contribution is -0.274. The second kappa shape index (κ2) is 9.97. The van der Waals surface area contributed by atoms with Crippen LogP contribution >= 0.6 is 0 Å². The van der Waals surface area contributed by atoms with Crippen molar-refractivity contribution >= 4 is 5.91 Å². The molecule has 8 heteroatoms. The van der Waals surface area contributed by atoms with Gasteiger partial charge in [-0.3, -0.25) is 14.8 Å². The first-order valence-electron chi connectivity index (χ1n) is 10.8. The van der Waals surface area contributed by atoms with Gasteiger partial charge in [0.05, 0.1) is 5.69 Å². The fourth-order valence-corrected chi connectivity index (χ4v) is 3.51. The van der Waals surface area contributed by atoms with Crippen LogP contribution in [-0.4, -0.2) is 22.2 Å². The third-order valence-electron chi connectivity index (χ3n) is 5.25. The molecule has 0 aliphatic heterocycles. The number of amides is 1. The summed E-state index contributed by atoms with van der Waals surface area (Å²) in [4.78, 5) is 21.7. The normalized spacial score (nSPS) is 11.2. The summed E-state index contributed by atoms with van der Waals surface area (Å²) in [5, 5.41) is 2.84. The Kier molecular flexibility index (Phi) is 6.82. The van der Waals surface area contributed by atoms with Crippen LogP contribution in [0.5, 0.6) is 5.75 Å². The maximum atomic E-state index is 13.1. The van der Waals surface area contributed by atoms with E-state index in [1.54, 1.807) is 42.7 Å². The number of ether oxygens (including phenoxy) is 1. The first kappa shape index (κ1) is 23.9. The van der Waals surface area contributed by atoms with Crippen molar-refractivity contribution in [3.05, 3.63) is 102 Å². The number of nitrogens with one attached hydrogen (secondary N) is 1. The number of nitrogens with zero attached hydrogens (tertiary/aromatic N) is 2. The number of rotatable bonds is 6. The number of carbonyl (C=O) groups is 1. The minimum atomic E-state index is -4.85. The molecule has 0 aliphatic rings. The number of aryl methyl sites for hydroxylation is 2. The van der Waals surface area contributed by atoms with Crippen molar-refractivity contribution in [3.8, 4) is 28.1 Å². The number of para-hydroxylation sites is 1. The van der Waals surface area contributed by atoms with E-state index in [1.807, 2.05) is 32.0 Å². The van der Waals surface area contributed by atoms with Gasteiger partial charge in [-0.05, 0) is 66.9 Å². The maximum Gasteiger partial charge on any atom is 0.573 e. The highest BCUT2D eigenvalue weighted by Crippen LogP contribution is 2.36. The molecule has 0 spiro atoms. The van der Waals surface area contributed by atoms with E-state index in [4.69, 9.17) is 0 Å². The predicted molar refractivity (Wildman–Crippen MR) is 127 cm³/mol. The van der Waals surface area contributed by atoms with Crippen molar-refractivity contribution in [2.75, 3.05) is 0 Å².